The summed E-state index contributed by atoms with van der Waals surface area (Å²) in [4.78, 5) is 0. The van der Waals surface area contributed by atoms with E-state index in [4.69, 9.17) is 0 Å². The van der Waals surface area contributed by atoms with E-state index < -0.39 is 8.07 Å². The Kier molecular flexibility index (Phi) is 8.80. The number of hydrogen-bond acceptors (Lipinski definition) is 0. The van der Waals surface area contributed by atoms with Crippen LogP contribution in [0.4, 0.5) is 0 Å². The minimum atomic E-state index is -1.67. The van der Waals surface area contributed by atoms with Crippen molar-refractivity contribution < 1.29 is 0 Å². The molecule has 112 valence electrons. The number of hydrogen-bond donors (Lipinski definition) is 0. The van der Waals surface area contributed by atoms with Crippen molar-refractivity contribution in [2.24, 2.45) is 0 Å². The van der Waals surface area contributed by atoms with Crippen LogP contribution in [0.3, 0.4) is 0 Å². The van der Waals surface area contributed by atoms with Gasteiger partial charge in [-0.05, 0) is 24.9 Å². The molecule has 1 heteroatoms. The highest BCUT2D eigenvalue weighted by molar-refractivity contribution is 6.94. The van der Waals surface area contributed by atoms with Crippen LogP contribution < -0.4 is 0 Å². The van der Waals surface area contributed by atoms with E-state index >= 15 is 0 Å². The Hall–Kier alpha value is -0.663. The van der Waals surface area contributed by atoms with E-state index in [0.29, 0.717) is 0 Å². The van der Waals surface area contributed by atoms with E-state index in [-0.39, 0.29) is 0 Å². The monoisotopic (exact) mass is 288 g/mol. The van der Waals surface area contributed by atoms with Gasteiger partial charge in [0.2, 0.25) is 8.07 Å². The normalized spacial score (nSPS) is 15.9. The summed E-state index contributed by atoms with van der Waals surface area (Å²) >= 11 is 0. The summed E-state index contributed by atoms with van der Waals surface area (Å²) in [5, 5.41) is 0. The van der Waals surface area contributed by atoms with Crippen molar-refractivity contribution in [3.63, 3.8) is 0 Å². The molecular formula is C19H32Si. The Morgan fingerprint density at radius 3 is 1.80 bits per heavy atom. The maximum absolute atomic E-state index is 3.69. The molecule has 0 spiro atoms. The first-order chi connectivity index (χ1) is 9.73. The molecule has 0 atom stereocenters. The van der Waals surface area contributed by atoms with Crippen LogP contribution >= 0.6 is 0 Å². The fraction of sp³-hybridized carbons (Fsp3) is 0.789. The molecule has 0 nitrogen and oxygen atoms in total. The molecule has 0 unspecified atom stereocenters. The summed E-state index contributed by atoms with van der Waals surface area (Å²) in [6.45, 7) is 6.91. The quantitative estimate of drug-likeness (QED) is 0.337. The first-order valence-electron chi connectivity index (χ1n) is 8.73. The maximum Gasteiger partial charge on any atom is 0.216 e. The van der Waals surface area contributed by atoms with Crippen molar-refractivity contribution >= 4 is 8.07 Å². The topological polar surface area (TPSA) is 0 Å². The smallest absolute Gasteiger partial charge is 0.115 e. The molecule has 0 amide bonds. The van der Waals surface area contributed by atoms with Gasteiger partial charge in [-0.3, -0.25) is 0 Å². The molecule has 0 bridgehead atoms. The molecule has 0 aromatic carbocycles. The van der Waals surface area contributed by atoms with Gasteiger partial charge in [-0.15, -0.1) is 22.9 Å². The van der Waals surface area contributed by atoms with Gasteiger partial charge in [-0.2, -0.15) is 0 Å². The summed E-state index contributed by atoms with van der Waals surface area (Å²) in [7, 11) is -1.67. The average Bonchev–Trinajstić information content (AvgIpc) is 2.49. The Bertz CT molecular complexity index is 342. The van der Waals surface area contributed by atoms with Crippen molar-refractivity contribution in [1.29, 1.82) is 0 Å². The summed E-state index contributed by atoms with van der Waals surface area (Å²) in [5.41, 5.74) is 8.22. The highest BCUT2D eigenvalue weighted by Crippen LogP contribution is 2.36. The van der Waals surface area contributed by atoms with Crippen molar-refractivity contribution in [3.05, 3.63) is 0 Å². The second kappa shape index (κ2) is 10.1. The lowest BCUT2D eigenvalue weighted by Gasteiger charge is -2.30. The molecule has 0 aromatic heterocycles. The van der Waals surface area contributed by atoms with Crippen LogP contribution in [0.2, 0.25) is 12.1 Å². The van der Waals surface area contributed by atoms with Gasteiger partial charge in [-0.1, -0.05) is 58.8 Å². The molecule has 1 aliphatic rings. The fourth-order valence-electron chi connectivity index (χ4n) is 2.94. The third-order valence-electron chi connectivity index (χ3n) is 4.43. The molecule has 0 N–H and O–H groups in total. The van der Waals surface area contributed by atoms with Crippen molar-refractivity contribution in [2.75, 3.05) is 0 Å². The molecule has 1 rings (SSSR count). The standard InChI is InChI=1S/C19H32Si/c1-4-6-8-13-17-20(3,18-14-9-7-5-2)19-15-11-10-12-16-19/h19H,4-12,15-16H2,1-3H3. The molecule has 1 aliphatic carbocycles. The predicted octanol–water partition coefficient (Wildman–Crippen LogP) is 5.86. The largest absolute Gasteiger partial charge is 0.216 e. The van der Waals surface area contributed by atoms with Gasteiger partial charge in [0, 0.05) is 12.8 Å². The second-order valence-electron chi connectivity index (χ2n) is 6.35. The molecule has 0 aliphatic heterocycles. The molecule has 0 radical (unpaired) electrons. The number of rotatable bonds is 5. The highest BCUT2D eigenvalue weighted by atomic mass is 28.3. The molecule has 20 heavy (non-hydrogen) atoms. The van der Waals surface area contributed by atoms with E-state index in [2.05, 4.69) is 43.3 Å². The van der Waals surface area contributed by atoms with Gasteiger partial charge >= 0.3 is 0 Å². The summed E-state index contributed by atoms with van der Waals surface area (Å²) < 4.78 is 0. The molecule has 0 saturated heterocycles. The van der Waals surface area contributed by atoms with Crippen LogP contribution in [-0.4, -0.2) is 8.07 Å². The SMILES string of the molecule is CCCCC#C[Si](C)(C#CCCCC)C1CCCCC1. The van der Waals surface area contributed by atoms with Crippen molar-refractivity contribution in [1.82, 2.24) is 0 Å². The lowest BCUT2D eigenvalue weighted by atomic mass is 10.0. The lowest BCUT2D eigenvalue weighted by Crippen LogP contribution is -2.35. The Morgan fingerprint density at radius 2 is 1.35 bits per heavy atom. The first-order valence-corrected chi connectivity index (χ1v) is 11.3. The van der Waals surface area contributed by atoms with Gasteiger partial charge in [0.05, 0.1) is 0 Å². The van der Waals surface area contributed by atoms with Gasteiger partial charge in [0.25, 0.3) is 0 Å². The minimum Gasteiger partial charge on any atom is -0.115 e. The van der Waals surface area contributed by atoms with E-state index in [1.807, 2.05) is 0 Å². The Morgan fingerprint density at radius 1 is 0.850 bits per heavy atom. The van der Waals surface area contributed by atoms with Crippen LogP contribution in [0, 0.1) is 22.9 Å². The van der Waals surface area contributed by atoms with E-state index in [0.717, 1.165) is 18.4 Å². The average molecular weight is 289 g/mol. The third-order valence-corrected chi connectivity index (χ3v) is 8.03. The molecular weight excluding hydrogens is 256 g/mol. The van der Waals surface area contributed by atoms with Gasteiger partial charge in [-0.25, -0.2) is 0 Å². The van der Waals surface area contributed by atoms with Crippen molar-refractivity contribution in [3.8, 4) is 22.9 Å². The predicted molar refractivity (Wildman–Crippen MR) is 93.1 cm³/mol. The first kappa shape index (κ1) is 17.4. The van der Waals surface area contributed by atoms with Gasteiger partial charge in [0.15, 0.2) is 0 Å². The fourth-order valence-corrected chi connectivity index (χ4v) is 5.96. The second-order valence-corrected chi connectivity index (χ2v) is 10.1. The highest BCUT2D eigenvalue weighted by Gasteiger charge is 2.34. The van der Waals surface area contributed by atoms with E-state index in [1.54, 1.807) is 0 Å². The van der Waals surface area contributed by atoms with Crippen LogP contribution in [0.1, 0.15) is 84.5 Å². The van der Waals surface area contributed by atoms with E-state index in [1.165, 1.54) is 57.8 Å². The molecule has 1 saturated carbocycles. The lowest BCUT2D eigenvalue weighted by molar-refractivity contribution is 0.496. The van der Waals surface area contributed by atoms with Crippen LogP contribution in [0.25, 0.3) is 0 Å². The minimum absolute atomic E-state index is 0.833. The molecule has 0 aromatic rings. The maximum atomic E-state index is 3.69. The molecule has 0 heterocycles. The summed E-state index contributed by atoms with van der Waals surface area (Å²) in [5.74, 6) is 6.95. The van der Waals surface area contributed by atoms with Gasteiger partial charge in [0.1, 0.15) is 0 Å². The zero-order chi connectivity index (χ0) is 14.7. The summed E-state index contributed by atoms with van der Waals surface area (Å²) in [6.07, 6.45) is 14.1. The third kappa shape index (κ3) is 6.19. The van der Waals surface area contributed by atoms with E-state index in [9.17, 15) is 0 Å². The Labute approximate surface area is 128 Å². The Balaban J connectivity index is 2.73. The molecule has 1 fully saturated rings. The zero-order valence-corrected chi connectivity index (χ0v) is 14.9. The van der Waals surface area contributed by atoms with Crippen LogP contribution in [-0.2, 0) is 0 Å². The number of unbranched alkanes of at least 4 members (excludes halogenated alkanes) is 4. The van der Waals surface area contributed by atoms with Crippen LogP contribution in [0.15, 0.2) is 0 Å². The zero-order valence-electron chi connectivity index (χ0n) is 13.9. The van der Waals surface area contributed by atoms with Crippen molar-refractivity contribution in [2.45, 2.75) is 96.6 Å². The van der Waals surface area contributed by atoms with Gasteiger partial charge < -0.3 is 0 Å². The van der Waals surface area contributed by atoms with Crippen LogP contribution in [0.5, 0.6) is 0 Å². The summed E-state index contributed by atoms with van der Waals surface area (Å²) in [6, 6.07) is 0.